The van der Waals surface area contributed by atoms with Crippen LogP contribution in [-0.2, 0) is 11.0 Å². The number of amides is 1. The molecule has 0 unspecified atom stereocenters. The van der Waals surface area contributed by atoms with E-state index in [4.69, 9.17) is 5.26 Å². The number of anilines is 1. The normalized spacial score (nSPS) is 24.2. The number of hydrogen-bond acceptors (Lipinski definition) is 4. The summed E-state index contributed by atoms with van der Waals surface area (Å²) in [6.45, 7) is 0. The molecule has 1 aromatic rings. The van der Waals surface area contributed by atoms with Crippen LogP contribution in [-0.4, -0.2) is 11.9 Å². The Balaban J connectivity index is 1.71. The van der Waals surface area contributed by atoms with Crippen LogP contribution in [0.4, 0.5) is 18.2 Å². The first-order chi connectivity index (χ1) is 11.9. The second-order valence-electron chi connectivity index (χ2n) is 6.83. The molecule has 0 aromatic carbocycles. The summed E-state index contributed by atoms with van der Waals surface area (Å²) >= 11 is 1.06. The van der Waals surface area contributed by atoms with Gasteiger partial charge in [0.25, 0.3) is 0 Å². The van der Waals surface area contributed by atoms with Crippen LogP contribution in [0.1, 0.15) is 61.3 Å². The Kier molecular flexibility index (Phi) is 5.23. The lowest BCUT2D eigenvalue weighted by Gasteiger charge is -2.32. The van der Waals surface area contributed by atoms with Crippen LogP contribution >= 0.6 is 11.3 Å². The molecular weight excluding hydrogens is 351 g/mol. The number of thiophene rings is 1. The molecule has 1 amide bonds. The van der Waals surface area contributed by atoms with Crippen molar-refractivity contribution in [1.29, 1.82) is 5.26 Å². The third kappa shape index (κ3) is 4.09. The Bertz CT molecular complexity index is 668. The highest BCUT2D eigenvalue weighted by atomic mass is 32.1. The molecule has 0 radical (unpaired) electrons. The zero-order valence-electron chi connectivity index (χ0n) is 13.7. The summed E-state index contributed by atoms with van der Waals surface area (Å²) in [5.74, 6) is -0.574. The Labute approximate surface area is 148 Å². The lowest BCUT2D eigenvalue weighted by molar-refractivity contribution is -0.138. The molecule has 8 heteroatoms. The summed E-state index contributed by atoms with van der Waals surface area (Å²) < 4.78 is 40.1. The van der Waals surface area contributed by atoms with Crippen LogP contribution in [0.25, 0.3) is 0 Å². The van der Waals surface area contributed by atoms with E-state index < -0.39 is 11.7 Å². The molecule has 0 bridgehead atoms. The van der Waals surface area contributed by atoms with Crippen molar-refractivity contribution in [2.75, 3.05) is 5.32 Å². The van der Waals surface area contributed by atoms with Gasteiger partial charge in [-0.25, -0.2) is 0 Å². The van der Waals surface area contributed by atoms with E-state index in [9.17, 15) is 18.0 Å². The molecule has 0 spiro atoms. The fourth-order valence-corrected chi connectivity index (χ4v) is 4.87. The number of hydrogen-bond donors (Lipinski definition) is 2. The number of nitriles is 1. The first kappa shape index (κ1) is 18.1. The van der Waals surface area contributed by atoms with Gasteiger partial charge in [0.15, 0.2) is 6.19 Å². The minimum Gasteiger partial charge on any atom is -0.321 e. The Morgan fingerprint density at radius 3 is 2.52 bits per heavy atom. The summed E-state index contributed by atoms with van der Waals surface area (Å²) in [6, 6.07) is 1.07. The first-order valence-electron chi connectivity index (χ1n) is 8.55. The van der Waals surface area contributed by atoms with E-state index in [-0.39, 0.29) is 28.8 Å². The van der Waals surface area contributed by atoms with Gasteiger partial charge in [0, 0.05) is 16.8 Å². The first-order valence-corrected chi connectivity index (χ1v) is 9.36. The van der Waals surface area contributed by atoms with Gasteiger partial charge < -0.3 is 10.6 Å². The van der Waals surface area contributed by atoms with Crippen molar-refractivity contribution in [2.45, 2.75) is 63.1 Å². The van der Waals surface area contributed by atoms with Gasteiger partial charge in [-0.05, 0) is 37.7 Å². The second-order valence-corrected chi connectivity index (χ2v) is 7.92. The minimum absolute atomic E-state index is 0.00683. The molecule has 136 valence electrons. The molecule has 3 rings (SSSR count). The minimum atomic E-state index is -4.40. The summed E-state index contributed by atoms with van der Waals surface area (Å²) in [7, 11) is 0. The summed E-state index contributed by atoms with van der Waals surface area (Å²) in [4.78, 5) is 12.6. The molecule has 0 saturated heterocycles. The number of nitrogens with zero attached hydrogens (tertiary/aromatic N) is 1. The summed E-state index contributed by atoms with van der Waals surface area (Å²) in [6.07, 6.45) is 3.05. The molecule has 0 atom stereocenters. The molecular formula is C17H20F3N3OS. The van der Waals surface area contributed by atoms with Crippen molar-refractivity contribution in [3.8, 4) is 6.19 Å². The van der Waals surface area contributed by atoms with Crippen molar-refractivity contribution in [3.05, 3.63) is 16.5 Å². The Morgan fingerprint density at radius 1 is 1.24 bits per heavy atom. The molecule has 2 aliphatic rings. The topological polar surface area (TPSA) is 64.9 Å². The van der Waals surface area contributed by atoms with Gasteiger partial charge in [-0.1, -0.05) is 19.3 Å². The lowest BCUT2D eigenvalue weighted by atomic mass is 9.80. The van der Waals surface area contributed by atoms with Crippen molar-refractivity contribution in [3.63, 3.8) is 0 Å². The molecule has 2 N–H and O–H groups in total. The Morgan fingerprint density at radius 2 is 1.92 bits per heavy atom. The smallest absolute Gasteiger partial charge is 0.321 e. The van der Waals surface area contributed by atoms with E-state index in [1.165, 1.54) is 0 Å². The standard InChI is InChI=1S/C17H20F3N3OS/c18-17(19,20)13-8-14(25-15(13)10-4-2-1-3-5-10)23-16(24)11-6-12(7-11)22-9-21/h8,10-12,22H,1-7H2,(H,23,24)/t11-,12-. The maximum Gasteiger partial charge on any atom is 0.417 e. The van der Waals surface area contributed by atoms with Crippen LogP contribution < -0.4 is 10.6 Å². The number of carbonyl (C=O) groups excluding carboxylic acids is 1. The van der Waals surface area contributed by atoms with Gasteiger partial charge in [-0.15, -0.1) is 11.3 Å². The third-order valence-corrected chi connectivity index (χ3v) is 6.28. The van der Waals surface area contributed by atoms with Crippen molar-refractivity contribution < 1.29 is 18.0 Å². The number of halogens is 3. The van der Waals surface area contributed by atoms with Crippen molar-refractivity contribution in [2.24, 2.45) is 5.92 Å². The van der Waals surface area contributed by atoms with Gasteiger partial charge in [-0.2, -0.15) is 18.4 Å². The van der Waals surface area contributed by atoms with Crippen LogP contribution in [0.15, 0.2) is 6.07 Å². The average Bonchev–Trinajstić information content (AvgIpc) is 2.95. The summed E-state index contributed by atoms with van der Waals surface area (Å²) in [5, 5.41) is 14.0. The molecule has 25 heavy (non-hydrogen) atoms. The SMILES string of the molecule is N#CN[C@H]1C[C@H](C(=O)Nc2cc(C(F)(F)F)c(C3CCCCC3)s2)C1. The van der Waals surface area contributed by atoms with Crippen LogP contribution in [0, 0.1) is 17.4 Å². The number of rotatable bonds is 4. The van der Waals surface area contributed by atoms with E-state index in [1.54, 1.807) is 0 Å². The highest BCUT2D eigenvalue weighted by Crippen LogP contribution is 2.46. The number of carbonyl (C=O) groups is 1. The molecule has 2 saturated carbocycles. The summed E-state index contributed by atoms with van der Waals surface area (Å²) in [5.41, 5.74) is -0.600. The van der Waals surface area contributed by atoms with Crippen LogP contribution in [0.2, 0.25) is 0 Å². The molecule has 0 aliphatic heterocycles. The van der Waals surface area contributed by atoms with Crippen LogP contribution in [0.3, 0.4) is 0 Å². The quantitative estimate of drug-likeness (QED) is 0.600. The van der Waals surface area contributed by atoms with Gasteiger partial charge in [0.05, 0.1) is 10.6 Å². The molecule has 2 fully saturated rings. The Hall–Kier alpha value is -1.75. The van der Waals surface area contributed by atoms with Crippen molar-refractivity contribution in [1.82, 2.24) is 5.32 Å². The largest absolute Gasteiger partial charge is 0.417 e. The predicted molar refractivity (Wildman–Crippen MR) is 89.0 cm³/mol. The average molecular weight is 371 g/mol. The van der Waals surface area contributed by atoms with Gasteiger partial charge >= 0.3 is 6.18 Å². The lowest BCUT2D eigenvalue weighted by Crippen LogP contribution is -2.44. The van der Waals surface area contributed by atoms with E-state index in [0.29, 0.717) is 17.7 Å². The van der Waals surface area contributed by atoms with Crippen LogP contribution in [0.5, 0.6) is 0 Å². The highest BCUT2D eigenvalue weighted by Gasteiger charge is 2.39. The van der Waals surface area contributed by atoms with Gasteiger partial charge in [-0.3, -0.25) is 4.79 Å². The van der Waals surface area contributed by atoms with E-state index in [1.807, 2.05) is 6.19 Å². The van der Waals surface area contributed by atoms with Gasteiger partial charge in [0.2, 0.25) is 5.91 Å². The molecule has 4 nitrogen and oxygen atoms in total. The third-order valence-electron chi connectivity index (χ3n) is 5.07. The maximum absolute atomic E-state index is 13.4. The van der Waals surface area contributed by atoms with E-state index in [2.05, 4.69) is 10.6 Å². The van der Waals surface area contributed by atoms with Gasteiger partial charge in [0.1, 0.15) is 0 Å². The highest BCUT2D eigenvalue weighted by molar-refractivity contribution is 7.16. The molecule has 2 aliphatic carbocycles. The molecule has 1 aromatic heterocycles. The fourth-order valence-electron chi connectivity index (χ4n) is 3.62. The van der Waals surface area contributed by atoms with E-state index in [0.717, 1.165) is 49.5 Å². The fraction of sp³-hybridized carbons (Fsp3) is 0.647. The number of nitrogens with one attached hydrogen (secondary N) is 2. The monoisotopic (exact) mass is 371 g/mol. The maximum atomic E-state index is 13.4. The van der Waals surface area contributed by atoms with Crippen molar-refractivity contribution >= 4 is 22.2 Å². The van der Waals surface area contributed by atoms with E-state index >= 15 is 0 Å². The zero-order chi connectivity index (χ0) is 18.0. The predicted octanol–water partition coefficient (Wildman–Crippen LogP) is 4.60. The second kappa shape index (κ2) is 7.24. The number of alkyl halides is 3. The molecule has 1 heterocycles. The zero-order valence-corrected chi connectivity index (χ0v) is 14.5.